The largest absolute Gasteiger partial charge is 0.494 e. The number of anilines is 2. The molecule has 2 rings (SSSR count). The number of carbonyl (C=O) groups excluding carboxylic acids is 2. The van der Waals surface area contributed by atoms with Crippen molar-refractivity contribution in [2.45, 2.75) is 6.92 Å². The molecule has 0 atom stereocenters. The van der Waals surface area contributed by atoms with Crippen molar-refractivity contribution < 1.29 is 14.3 Å². The van der Waals surface area contributed by atoms with Crippen molar-refractivity contribution in [2.24, 2.45) is 0 Å². The highest BCUT2D eigenvalue weighted by Gasteiger charge is 2.11. The third kappa shape index (κ3) is 4.18. The molecule has 5 nitrogen and oxygen atoms in total. The maximum absolute atomic E-state index is 12.1. The van der Waals surface area contributed by atoms with E-state index in [2.05, 4.69) is 33.2 Å². The summed E-state index contributed by atoms with van der Waals surface area (Å²) in [6.07, 6.45) is 0. The van der Waals surface area contributed by atoms with E-state index in [4.69, 9.17) is 4.74 Å². The average Bonchev–Trinajstić information content (AvgIpc) is 2.86. The van der Waals surface area contributed by atoms with Gasteiger partial charge in [0.15, 0.2) is 0 Å². The summed E-state index contributed by atoms with van der Waals surface area (Å²) in [5.74, 6) is 0.129. The highest BCUT2D eigenvalue weighted by molar-refractivity contribution is 14.1. The number of amides is 2. The first kappa shape index (κ1) is 15.8. The van der Waals surface area contributed by atoms with E-state index in [-0.39, 0.29) is 11.8 Å². The van der Waals surface area contributed by atoms with Crippen LogP contribution in [0.4, 0.5) is 11.4 Å². The molecule has 0 aliphatic carbocycles. The fraction of sp³-hybridized carbons (Fsp3) is 0.143. The fourth-order valence-corrected chi connectivity index (χ4v) is 3.02. The molecular weight excluding hydrogens is 403 g/mol. The molecule has 2 amide bonds. The highest BCUT2D eigenvalue weighted by atomic mass is 127. The quantitative estimate of drug-likeness (QED) is 0.749. The van der Waals surface area contributed by atoms with E-state index in [0.29, 0.717) is 22.7 Å². The first-order chi connectivity index (χ1) is 9.99. The van der Waals surface area contributed by atoms with Gasteiger partial charge < -0.3 is 15.4 Å². The maximum atomic E-state index is 12.1. The minimum absolute atomic E-state index is 0.177. The standard InChI is InChI=1S/C14H13IN2O3S/c1-8(18)16-11-4-3-10(6-12(11)20-2)17-14(19)9-5-13(15)21-7-9/h3-7H,1-2H3,(H,16,18)(H,17,19). The van der Waals surface area contributed by atoms with Crippen LogP contribution in [0.25, 0.3) is 0 Å². The van der Waals surface area contributed by atoms with Gasteiger partial charge in [-0.05, 0) is 40.8 Å². The lowest BCUT2D eigenvalue weighted by Gasteiger charge is -2.11. The fourth-order valence-electron chi connectivity index (χ4n) is 1.69. The molecule has 0 spiro atoms. The molecule has 2 N–H and O–H groups in total. The van der Waals surface area contributed by atoms with Crippen LogP contribution in [0.1, 0.15) is 17.3 Å². The minimum Gasteiger partial charge on any atom is -0.494 e. The Kier molecular flexibility index (Phi) is 5.18. The first-order valence-electron chi connectivity index (χ1n) is 6.00. The second-order valence-electron chi connectivity index (χ2n) is 4.19. The number of thiophene rings is 1. The van der Waals surface area contributed by atoms with Crippen LogP contribution in [-0.4, -0.2) is 18.9 Å². The van der Waals surface area contributed by atoms with Gasteiger partial charge in [-0.1, -0.05) is 0 Å². The molecule has 0 fully saturated rings. The molecule has 1 aromatic carbocycles. The number of benzene rings is 1. The lowest BCUT2D eigenvalue weighted by molar-refractivity contribution is -0.114. The SMILES string of the molecule is COc1cc(NC(=O)c2csc(I)c2)ccc1NC(C)=O. The summed E-state index contributed by atoms with van der Waals surface area (Å²) in [6.45, 7) is 1.42. The third-order valence-electron chi connectivity index (χ3n) is 2.60. The molecule has 0 saturated heterocycles. The van der Waals surface area contributed by atoms with Gasteiger partial charge in [-0.15, -0.1) is 11.3 Å². The average molecular weight is 416 g/mol. The number of nitrogens with one attached hydrogen (secondary N) is 2. The maximum Gasteiger partial charge on any atom is 0.256 e. The Balaban J connectivity index is 2.17. The Morgan fingerprint density at radius 3 is 2.57 bits per heavy atom. The molecule has 7 heteroatoms. The van der Waals surface area contributed by atoms with Gasteiger partial charge in [0.05, 0.1) is 21.2 Å². The van der Waals surface area contributed by atoms with Crippen LogP contribution in [0.5, 0.6) is 5.75 Å². The number of ether oxygens (including phenoxy) is 1. The molecule has 0 radical (unpaired) electrons. The second-order valence-corrected chi connectivity index (χ2v) is 7.00. The summed E-state index contributed by atoms with van der Waals surface area (Å²) in [6, 6.07) is 6.89. The van der Waals surface area contributed by atoms with E-state index < -0.39 is 0 Å². The molecular formula is C14H13IN2O3S. The van der Waals surface area contributed by atoms with E-state index in [1.54, 1.807) is 23.6 Å². The first-order valence-corrected chi connectivity index (χ1v) is 7.96. The zero-order valence-electron chi connectivity index (χ0n) is 11.4. The predicted molar refractivity (Wildman–Crippen MR) is 92.3 cm³/mol. The third-order valence-corrected chi connectivity index (χ3v) is 4.39. The number of carbonyl (C=O) groups is 2. The van der Waals surface area contributed by atoms with Gasteiger partial charge in [0.1, 0.15) is 5.75 Å². The molecule has 21 heavy (non-hydrogen) atoms. The Bertz CT molecular complexity index is 685. The highest BCUT2D eigenvalue weighted by Crippen LogP contribution is 2.28. The lowest BCUT2D eigenvalue weighted by Crippen LogP contribution is -2.12. The van der Waals surface area contributed by atoms with Crippen molar-refractivity contribution in [3.05, 3.63) is 38.1 Å². The Morgan fingerprint density at radius 2 is 2.00 bits per heavy atom. The van der Waals surface area contributed by atoms with Gasteiger partial charge in [-0.25, -0.2) is 0 Å². The zero-order chi connectivity index (χ0) is 15.4. The molecule has 0 saturated carbocycles. The van der Waals surface area contributed by atoms with Gasteiger partial charge in [0.2, 0.25) is 5.91 Å². The van der Waals surface area contributed by atoms with Gasteiger partial charge in [-0.2, -0.15) is 0 Å². The number of halogens is 1. The van der Waals surface area contributed by atoms with Gasteiger partial charge in [0, 0.05) is 24.1 Å². The Morgan fingerprint density at radius 1 is 1.24 bits per heavy atom. The second kappa shape index (κ2) is 6.90. The number of hydrogen-bond donors (Lipinski definition) is 2. The van der Waals surface area contributed by atoms with Crippen LogP contribution in [-0.2, 0) is 4.79 Å². The summed E-state index contributed by atoms with van der Waals surface area (Å²) in [5, 5.41) is 7.27. The van der Waals surface area contributed by atoms with Crippen LogP contribution in [0, 0.1) is 2.88 Å². The Labute approximate surface area is 139 Å². The number of hydrogen-bond acceptors (Lipinski definition) is 4. The van der Waals surface area contributed by atoms with Crippen molar-refractivity contribution in [1.82, 2.24) is 0 Å². The van der Waals surface area contributed by atoms with E-state index in [1.165, 1.54) is 25.4 Å². The number of methoxy groups -OCH3 is 1. The summed E-state index contributed by atoms with van der Waals surface area (Å²) in [4.78, 5) is 23.2. The van der Waals surface area contributed by atoms with Crippen LogP contribution >= 0.6 is 33.9 Å². The van der Waals surface area contributed by atoms with Crippen LogP contribution in [0.3, 0.4) is 0 Å². The van der Waals surface area contributed by atoms with Crippen molar-refractivity contribution in [3.8, 4) is 5.75 Å². The van der Waals surface area contributed by atoms with Crippen molar-refractivity contribution >= 4 is 57.1 Å². The number of rotatable bonds is 4. The molecule has 110 valence electrons. The molecule has 1 heterocycles. The summed E-state index contributed by atoms with van der Waals surface area (Å²) >= 11 is 3.68. The van der Waals surface area contributed by atoms with Gasteiger partial charge >= 0.3 is 0 Å². The van der Waals surface area contributed by atoms with Gasteiger partial charge in [0.25, 0.3) is 5.91 Å². The van der Waals surface area contributed by atoms with E-state index in [9.17, 15) is 9.59 Å². The predicted octanol–water partition coefficient (Wildman–Crippen LogP) is 3.57. The minimum atomic E-state index is -0.182. The summed E-state index contributed by atoms with van der Waals surface area (Å²) < 4.78 is 6.27. The smallest absolute Gasteiger partial charge is 0.256 e. The molecule has 0 bridgehead atoms. The van der Waals surface area contributed by atoms with Crippen molar-refractivity contribution in [3.63, 3.8) is 0 Å². The van der Waals surface area contributed by atoms with Crippen LogP contribution < -0.4 is 15.4 Å². The van der Waals surface area contributed by atoms with Crippen molar-refractivity contribution in [1.29, 1.82) is 0 Å². The normalized spacial score (nSPS) is 10.0. The topological polar surface area (TPSA) is 67.4 Å². The lowest BCUT2D eigenvalue weighted by atomic mass is 10.2. The summed E-state index contributed by atoms with van der Waals surface area (Å²) in [5.41, 5.74) is 1.79. The van der Waals surface area contributed by atoms with Crippen molar-refractivity contribution in [2.75, 3.05) is 17.7 Å². The molecule has 0 aliphatic rings. The monoisotopic (exact) mass is 416 g/mol. The molecule has 0 aliphatic heterocycles. The molecule has 1 aromatic heterocycles. The Hall–Kier alpha value is -1.61. The van der Waals surface area contributed by atoms with Crippen LogP contribution in [0.2, 0.25) is 0 Å². The zero-order valence-corrected chi connectivity index (χ0v) is 14.4. The summed E-state index contributed by atoms with van der Waals surface area (Å²) in [7, 11) is 1.51. The van der Waals surface area contributed by atoms with E-state index >= 15 is 0 Å². The van der Waals surface area contributed by atoms with Gasteiger partial charge in [-0.3, -0.25) is 9.59 Å². The van der Waals surface area contributed by atoms with E-state index in [1.807, 2.05) is 6.07 Å². The van der Waals surface area contributed by atoms with Crippen LogP contribution in [0.15, 0.2) is 29.6 Å². The molecule has 0 unspecified atom stereocenters. The van der Waals surface area contributed by atoms with E-state index in [0.717, 1.165) is 2.88 Å². The molecule has 2 aromatic rings.